The number of hydrogen-bond acceptors (Lipinski definition) is 4. The topological polar surface area (TPSA) is 55.8 Å². The number of benzene rings is 2. The maximum Gasteiger partial charge on any atom is 0.308 e. The number of hydrogen-bond donors (Lipinski definition) is 1. The van der Waals surface area contributed by atoms with Crippen molar-refractivity contribution in [2.45, 2.75) is 6.92 Å². The first-order valence-corrected chi connectivity index (χ1v) is 8.94. The zero-order chi connectivity index (χ0) is 15.6. The van der Waals surface area contributed by atoms with Crippen LogP contribution in [0.4, 0.5) is 0 Å². The molecule has 0 aliphatic heterocycles. The molecule has 0 aliphatic rings. The minimum atomic E-state index is -0.358. The van der Waals surface area contributed by atoms with Crippen LogP contribution in [0.2, 0.25) is 0 Å². The van der Waals surface area contributed by atoms with Gasteiger partial charge in [0.05, 0.1) is 10.7 Å². The van der Waals surface area contributed by atoms with Crippen molar-refractivity contribution in [1.82, 2.24) is 0 Å². The summed E-state index contributed by atoms with van der Waals surface area (Å²) < 4.78 is 13.3. The summed E-state index contributed by atoms with van der Waals surface area (Å²) in [4.78, 5) is 11.0. The summed E-state index contributed by atoms with van der Waals surface area (Å²) in [6.07, 6.45) is 0. The van der Waals surface area contributed by atoms with Crippen LogP contribution in [-0.2, 0) is 4.79 Å². The Labute approximate surface area is 162 Å². The molecule has 0 radical (unpaired) electrons. The van der Waals surface area contributed by atoms with Gasteiger partial charge in [-0.25, -0.2) is 0 Å². The minimum Gasteiger partial charge on any atom is -0.507 e. The van der Waals surface area contributed by atoms with Crippen molar-refractivity contribution in [3.63, 3.8) is 0 Å². The third kappa shape index (κ3) is 4.58. The first kappa shape index (κ1) is 17.1. The maximum atomic E-state index is 11.0. The van der Waals surface area contributed by atoms with Gasteiger partial charge in [-0.2, -0.15) is 0 Å². The Morgan fingerprint density at radius 1 is 1.00 bits per heavy atom. The van der Waals surface area contributed by atoms with Crippen molar-refractivity contribution in [2.75, 3.05) is 0 Å². The quantitative estimate of drug-likeness (QED) is 0.300. The van der Waals surface area contributed by atoms with Crippen molar-refractivity contribution in [1.29, 1.82) is 0 Å². The number of rotatable bonds is 3. The second-order valence-electron chi connectivity index (χ2n) is 4.02. The van der Waals surface area contributed by atoms with Crippen molar-refractivity contribution < 1.29 is 19.4 Å². The molecule has 2 rings (SSSR count). The van der Waals surface area contributed by atoms with Crippen LogP contribution in [0.15, 0.2) is 30.3 Å². The molecular weight excluding hydrogens is 613 g/mol. The molecule has 0 saturated heterocycles. The van der Waals surface area contributed by atoms with Crippen LogP contribution in [0, 0.1) is 10.7 Å². The number of carbonyl (C=O) groups excluding carboxylic acids is 1. The summed E-state index contributed by atoms with van der Waals surface area (Å²) in [5, 5.41) is 9.52. The van der Waals surface area contributed by atoms with E-state index in [0.717, 1.165) is 7.14 Å². The number of halogens is 3. The molecular formula is C14H9I3O4. The smallest absolute Gasteiger partial charge is 0.308 e. The van der Waals surface area contributed by atoms with E-state index in [-0.39, 0.29) is 11.7 Å². The van der Waals surface area contributed by atoms with Gasteiger partial charge in [-0.3, -0.25) is 4.79 Å². The van der Waals surface area contributed by atoms with Crippen molar-refractivity contribution in [3.8, 4) is 23.0 Å². The Bertz CT molecular complexity index is 678. The van der Waals surface area contributed by atoms with E-state index in [4.69, 9.17) is 9.47 Å². The second kappa shape index (κ2) is 7.31. The summed E-state index contributed by atoms with van der Waals surface area (Å²) in [7, 11) is 0. The third-order valence-electron chi connectivity index (χ3n) is 2.37. The predicted octanol–water partition coefficient (Wildman–Crippen LogP) is 4.92. The first-order chi connectivity index (χ1) is 9.86. The highest BCUT2D eigenvalue weighted by Gasteiger charge is 2.12. The van der Waals surface area contributed by atoms with E-state index in [1.54, 1.807) is 30.3 Å². The van der Waals surface area contributed by atoms with Crippen LogP contribution in [0.3, 0.4) is 0 Å². The molecule has 110 valence electrons. The standard InChI is InChI=1S/C14H9I3O4/c1-7(18)20-9-5-11(16)14(12(17)6-9)21-8-2-3-13(19)10(15)4-8/h2-6,19H,1H3. The predicted molar refractivity (Wildman–Crippen MR) is 104 cm³/mol. The third-order valence-corrected chi connectivity index (χ3v) is 4.84. The monoisotopic (exact) mass is 622 g/mol. The van der Waals surface area contributed by atoms with E-state index in [9.17, 15) is 9.90 Å². The minimum absolute atomic E-state index is 0.220. The largest absolute Gasteiger partial charge is 0.507 e. The molecule has 0 aliphatic carbocycles. The average Bonchev–Trinajstić information content (AvgIpc) is 2.37. The molecule has 0 bridgehead atoms. The van der Waals surface area contributed by atoms with Crippen molar-refractivity contribution >= 4 is 73.7 Å². The molecule has 2 aromatic rings. The van der Waals surface area contributed by atoms with Crippen molar-refractivity contribution in [3.05, 3.63) is 41.0 Å². The van der Waals surface area contributed by atoms with Crippen molar-refractivity contribution in [2.24, 2.45) is 0 Å². The van der Waals surface area contributed by atoms with E-state index < -0.39 is 0 Å². The molecule has 4 nitrogen and oxygen atoms in total. The highest BCUT2D eigenvalue weighted by Crippen LogP contribution is 2.36. The van der Waals surface area contributed by atoms with Gasteiger partial charge in [0.15, 0.2) is 5.75 Å². The average molecular weight is 622 g/mol. The first-order valence-electron chi connectivity index (χ1n) is 5.70. The normalized spacial score (nSPS) is 10.3. The van der Waals surface area contributed by atoms with Gasteiger partial charge in [-0.15, -0.1) is 0 Å². The summed E-state index contributed by atoms with van der Waals surface area (Å²) in [6, 6.07) is 8.52. The van der Waals surface area contributed by atoms with Crippen LogP contribution in [0.5, 0.6) is 23.0 Å². The zero-order valence-corrected chi connectivity index (χ0v) is 17.2. The Balaban J connectivity index is 2.31. The highest BCUT2D eigenvalue weighted by atomic mass is 127. The van der Waals surface area contributed by atoms with Gasteiger partial charge >= 0.3 is 5.97 Å². The Morgan fingerprint density at radius 3 is 2.10 bits per heavy atom. The Kier molecular flexibility index (Phi) is 5.94. The SMILES string of the molecule is CC(=O)Oc1cc(I)c(Oc2ccc(O)c(I)c2)c(I)c1. The molecule has 2 aromatic carbocycles. The number of ether oxygens (including phenoxy) is 2. The van der Waals surface area contributed by atoms with Gasteiger partial charge in [0.2, 0.25) is 0 Å². The molecule has 7 heteroatoms. The van der Waals surface area contributed by atoms with Gasteiger partial charge in [0.1, 0.15) is 17.2 Å². The molecule has 0 aromatic heterocycles. The summed E-state index contributed by atoms with van der Waals surface area (Å²) >= 11 is 6.29. The summed E-state index contributed by atoms with van der Waals surface area (Å²) in [5.74, 6) is 1.67. The van der Waals surface area contributed by atoms with E-state index in [1.165, 1.54) is 6.92 Å². The number of phenols is 1. The lowest BCUT2D eigenvalue weighted by Crippen LogP contribution is -2.02. The van der Waals surface area contributed by atoms with Gasteiger partial charge in [-0.05, 0) is 98.1 Å². The molecule has 21 heavy (non-hydrogen) atoms. The van der Waals surface area contributed by atoms with E-state index in [0.29, 0.717) is 20.8 Å². The fraction of sp³-hybridized carbons (Fsp3) is 0.0714. The molecule has 0 fully saturated rings. The molecule has 0 heterocycles. The van der Waals surface area contributed by atoms with Crippen LogP contribution in [-0.4, -0.2) is 11.1 Å². The van der Waals surface area contributed by atoms with Crippen LogP contribution >= 0.6 is 67.8 Å². The fourth-order valence-corrected chi connectivity index (χ4v) is 3.95. The van der Waals surface area contributed by atoms with Gasteiger partial charge in [-0.1, -0.05) is 0 Å². The van der Waals surface area contributed by atoms with Crippen LogP contribution < -0.4 is 9.47 Å². The summed E-state index contributed by atoms with van der Waals surface area (Å²) in [6.45, 7) is 1.36. The molecule has 0 amide bonds. The fourth-order valence-electron chi connectivity index (χ4n) is 1.53. The number of phenolic OH excluding ortho intramolecular Hbond substituents is 1. The summed E-state index contributed by atoms with van der Waals surface area (Å²) in [5.41, 5.74) is 0. The highest BCUT2D eigenvalue weighted by molar-refractivity contribution is 14.1. The Morgan fingerprint density at radius 2 is 1.57 bits per heavy atom. The van der Waals surface area contributed by atoms with Crippen LogP contribution in [0.1, 0.15) is 6.92 Å². The molecule has 1 N–H and O–H groups in total. The number of esters is 1. The van der Waals surface area contributed by atoms with E-state index >= 15 is 0 Å². The lowest BCUT2D eigenvalue weighted by Gasteiger charge is -2.12. The number of aromatic hydroxyl groups is 1. The van der Waals surface area contributed by atoms with Gasteiger partial charge in [0, 0.05) is 6.92 Å². The second-order valence-corrected chi connectivity index (χ2v) is 7.51. The molecule has 0 saturated carbocycles. The number of carbonyl (C=O) groups is 1. The van der Waals surface area contributed by atoms with Crippen LogP contribution in [0.25, 0.3) is 0 Å². The van der Waals surface area contributed by atoms with E-state index in [1.807, 2.05) is 22.6 Å². The molecule has 0 unspecified atom stereocenters. The van der Waals surface area contributed by atoms with Gasteiger partial charge in [0.25, 0.3) is 0 Å². The molecule has 0 atom stereocenters. The molecule has 0 spiro atoms. The lowest BCUT2D eigenvalue weighted by atomic mass is 10.3. The van der Waals surface area contributed by atoms with E-state index in [2.05, 4.69) is 45.2 Å². The lowest BCUT2D eigenvalue weighted by molar-refractivity contribution is -0.131. The zero-order valence-electron chi connectivity index (χ0n) is 10.7. The Hall–Kier alpha value is -0.300. The van der Waals surface area contributed by atoms with Gasteiger partial charge < -0.3 is 14.6 Å². The maximum absolute atomic E-state index is 11.0.